The summed E-state index contributed by atoms with van der Waals surface area (Å²) in [4.78, 5) is 12.9. The van der Waals surface area contributed by atoms with Crippen molar-refractivity contribution in [3.05, 3.63) is 23.8 Å². The summed E-state index contributed by atoms with van der Waals surface area (Å²) in [6, 6.07) is 5.38. The Morgan fingerprint density at radius 3 is 3.00 bits per heavy atom. The zero-order chi connectivity index (χ0) is 11.5. The number of benzene rings is 1. The number of ether oxygens (including phenoxy) is 2. The van der Waals surface area contributed by atoms with Crippen LogP contribution in [-0.2, 0) is 11.3 Å². The van der Waals surface area contributed by atoms with E-state index in [9.17, 15) is 4.79 Å². The number of hydrogen-bond acceptors (Lipinski definition) is 4. The highest BCUT2D eigenvalue weighted by Crippen LogP contribution is 2.23. The lowest BCUT2D eigenvalue weighted by Gasteiger charge is -2.15. The van der Waals surface area contributed by atoms with Gasteiger partial charge in [0.1, 0.15) is 12.4 Å². The van der Waals surface area contributed by atoms with Crippen LogP contribution in [-0.4, -0.2) is 31.3 Å². The maximum absolute atomic E-state index is 11.3. The molecule has 0 aliphatic carbocycles. The topological polar surface area (TPSA) is 64.8 Å². The minimum atomic E-state index is -0.288. The van der Waals surface area contributed by atoms with E-state index in [-0.39, 0.29) is 6.09 Å². The molecule has 2 N–H and O–H groups in total. The molecule has 1 saturated heterocycles. The number of rotatable bonds is 3. The van der Waals surface area contributed by atoms with Gasteiger partial charge in [0, 0.05) is 11.3 Å². The highest BCUT2D eigenvalue weighted by molar-refractivity contribution is 5.69. The van der Waals surface area contributed by atoms with Crippen LogP contribution in [0.5, 0.6) is 5.75 Å². The van der Waals surface area contributed by atoms with Crippen LogP contribution in [0.25, 0.3) is 0 Å². The van der Waals surface area contributed by atoms with Crippen LogP contribution in [0.1, 0.15) is 5.56 Å². The molecule has 5 nitrogen and oxygen atoms in total. The second-order valence-electron chi connectivity index (χ2n) is 3.61. The lowest BCUT2D eigenvalue weighted by molar-refractivity contribution is 0.157. The summed E-state index contributed by atoms with van der Waals surface area (Å²) in [6.07, 6.45) is -0.288. The molecule has 0 radical (unpaired) electrons. The normalized spacial score (nSPS) is 15.1. The Bertz CT molecular complexity index is 406. The molecule has 0 unspecified atom stereocenters. The van der Waals surface area contributed by atoms with Crippen LogP contribution in [0.2, 0.25) is 0 Å². The molecule has 0 bridgehead atoms. The van der Waals surface area contributed by atoms with Crippen molar-refractivity contribution in [2.75, 3.05) is 26.0 Å². The van der Waals surface area contributed by atoms with E-state index in [4.69, 9.17) is 15.2 Å². The van der Waals surface area contributed by atoms with E-state index < -0.39 is 0 Å². The summed E-state index contributed by atoms with van der Waals surface area (Å²) >= 11 is 0. The minimum Gasteiger partial charge on any atom is -0.496 e. The number of amides is 1. The maximum Gasteiger partial charge on any atom is 0.410 e. The first kappa shape index (κ1) is 10.6. The van der Waals surface area contributed by atoms with Crippen LogP contribution >= 0.6 is 0 Å². The van der Waals surface area contributed by atoms with Crippen molar-refractivity contribution < 1.29 is 14.3 Å². The average Bonchev–Trinajstić information content (AvgIpc) is 2.65. The van der Waals surface area contributed by atoms with Crippen molar-refractivity contribution in [3.8, 4) is 5.75 Å². The van der Waals surface area contributed by atoms with Gasteiger partial charge in [0.05, 0.1) is 20.2 Å². The summed E-state index contributed by atoms with van der Waals surface area (Å²) in [5, 5.41) is 0. The number of hydrogen-bond donors (Lipinski definition) is 1. The van der Waals surface area contributed by atoms with Gasteiger partial charge in [-0.25, -0.2) is 4.79 Å². The number of nitrogens with two attached hydrogens (primary N) is 1. The van der Waals surface area contributed by atoms with E-state index in [1.54, 1.807) is 24.1 Å². The van der Waals surface area contributed by atoms with Crippen molar-refractivity contribution in [2.45, 2.75) is 6.54 Å². The quantitative estimate of drug-likeness (QED) is 0.781. The first-order valence-electron chi connectivity index (χ1n) is 5.05. The second kappa shape index (κ2) is 4.30. The van der Waals surface area contributed by atoms with Crippen molar-refractivity contribution in [2.24, 2.45) is 0 Å². The van der Waals surface area contributed by atoms with Crippen molar-refractivity contribution >= 4 is 11.8 Å². The van der Waals surface area contributed by atoms with Crippen LogP contribution < -0.4 is 10.5 Å². The predicted octanol–water partition coefficient (Wildman–Crippen LogP) is 1.23. The van der Waals surface area contributed by atoms with Crippen molar-refractivity contribution in [1.29, 1.82) is 0 Å². The number of cyclic esters (lactones) is 1. The zero-order valence-corrected chi connectivity index (χ0v) is 9.10. The monoisotopic (exact) mass is 222 g/mol. The van der Waals surface area contributed by atoms with E-state index in [1.807, 2.05) is 6.07 Å². The largest absolute Gasteiger partial charge is 0.496 e. The van der Waals surface area contributed by atoms with Gasteiger partial charge >= 0.3 is 6.09 Å². The molecule has 0 aromatic heterocycles. The number of nitrogen functional groups attached to an aromatic ring is 1. The van der Waals surface area contributed by atoms with Gasteiger partial charge in [0.2, 0.25) is 0 Å². The van der Waals surface area contributed by atoms with E-state index in [2.05, 4.69) is 0 Å². The highest BCUT2D eigenvalue weighted by Gasteiger charge is 2.22. The number of methoxy groups -OCH3 is 1. The Hall–Kier alpha value is -1.91. The molecule has 1 heterocycles. The fourth-order valence-corrected chi connectivity index (χ4v) is 1.70. The van der Waals surface area contributed by atoms with E-state index in [1.165, 1.54) is 0 Å². The standard InChI is InChI=1S/C11H14N2O3/c1-15-10-3-2-9(12)6-8(10)7-13-4-5-16-11(13)14/h2-3,6H,4-5,7,12H2,1H3. The van der Waals surface area contributed by atoms with Gasteiger partial charge in [-0.1, -0.05) is 0 Å². The Balaban J connectivity index is 2.19. The smallest absolute Gasteiger partial charge is 0.410 e. The van der Waals surface area contributed by atoms with E-state index >= 15 is 0 Å². The molecule has 1 aliphatic heterocycles. The first-order valence-corrected chi connectivity index (χ1v) is 5.05. The third kappa shape index (κ3) is 2.03. The van der Waals surface area contributed by atoms with Gasteiger partial charge in [-0.15, -0.1) is 0 Å². The fraction of sp³-hybridized carbons (Fsp3) is 0.364. The third-order valence-corrected chi connectivity index (χ3v) is 2.51. The molecule has 1 amide bonds. The molecule has 1 aromatic carbocycles. The minimum absolute atomic E-state index is 0.288. The van der Waals surface area contributed by atoms with Crippen molar-refractivity contribution in [3.63, 3.8) is 0 Å². The number of nitrogens with zero attached hydrogens (tertiary/aromatic N) is 1. The number of carbonyl (C=O) groups excluding carboxylic acids is 1. The van der Waals surface area contributed by atoms with Crippen LogP contribution in [0.15, 0.2) is 18.2 Å². The summed E-state index contributed by atoms with van der Waals surface area (Å²) in [6.45, 7) is 1.52. The SMILES string of the molecule is COc1ccc(N)cc1CN1CCOC1=O. The van der Waals surface area contributed by atoms with Gasteiger partial charge in [0.15, 0.2) is 0 Å². The molecule has 0 atom stereocenters. The molecule has 5 heteroatoms. The Labute approximate surface area is 93.7 Å². The molecule has 86 valence electrons. The Morgan fingerprint density at radius 2 is 2.38 bits per heavy atom. The van der Waals surface area contributed by atoms with Gasteiger partial charge in [-0.3, -0.25) is 0 Å². The van der Waals surface area contributed by atoms with Crippen molar-refractivity contribution in [1.82, 2.24) is 4.90 Å². The molecule has 0 spiro atoms. The van der Waals surface area contributed by atoms with Gasteiger partial charge in [0.25, 0.3) is 0 Å². The lowest BCUT2D eigenvalue weighted by Crippen LogP contribution is -2.23. The first-order chi connectivity index (χ1) is 7.70. The number of anilines is 1. The third-order valence-electron chi connectivity index (χ3n) is 2.51. The molecular weight excluding hydrogens is 208 g/mol. The lowest BCUT2D eigenvalue weighted by atomic mass is 10.1. The molecular formula is C11H14N2O3. The summed E-state index contributed by atoms with van der Waals surface area (Å²) in [5.74, 6) is 0.730. The average molecular weight is 222 g/mol. The van der Waals surface area contributed by atoms with E-state index in [0.29, 0.717) is 25.4 Å². The fourth-order valence-electron chi connectivity index (χ4n) is 1.70. The molecule has 1 fully saturated rings. The molecule has 16 heavy (non-hydrogen) atoms. The predicted molar refractivity (Wildman–Crippen MR) is 59.2 cm³/mol. The van der Waals surface area contributed by atoms with Gasteiger partial charge in [-0.05, 0) is 18.2 Å². The molecule has 2 rings (SSSR count). The van der Waals surface area contributed by atoms with Gasteiger partial charge in [-0.2, -0.15) is 0 Å². The zero-order valence-electron chi connectivity index (χ0n) is 9.10. The second-order valence-corrected chi connectivity index (χ2v) is 3.61. The maximum atomic E-state index is 11.3. The summed E-state index contributed by atoms with van der Waals surface area (Å²) in [7, 11) is 1.59. The Kier molecular flexibility index (Phi) is 2.85. The molecule has 1 aromatic rings. The molecule has 0 saturated carbocycles. The Morgan fingerprint density at radius 1 is 1.56 bits per heavy atom. The number of carbonyl (C=O) groups is 1. The van der Waals surface area contributed by atoms with Crippen LogP contribution in [0, 0.1) is 0 Å². The summed E-state index contributed by atoms with van der Waals surface area (Å²) < 4.78 is 10.1. The van der Waals surface area contributed by atoms with E-state index in [0.717, 1.165) is 11.3 Å². The highest BCUT2D eigenvalue weighted by atomic mass is 16.6. The summed E-state index contributed by atoms with van der Waals surface area (Å²) in [5.41, 5.74) is 7.25. The molecule has 1 aliphatic rings. The van der Waals surface area contributed by atoms with Crippen LogP contribution in [0.4, 0.5) is 10.5 Å². The van der Waals surface area contributed by atoms with Crippen LogP contribution in [0.3, 0.4) is 0 Å². The van der Waals surface area contributed by atoms with Gasteiger partial charge < -0.3 is 20.1 Å².